The largest absolute Gasteiger partial charge is 0.339 e. The lowest BCUT2D eigenvalue weighted by molar-refractivity contribution is 0.0724. The number of nitrogens with zero attached hydrogens (tertiary/aromatic N) is 2. The van der Waals surface area contributed by atoms with Crippen molar-refractivity contribution >= 4 is 40.1 Å². The van der Waals surface area contributed by atoms with Crippen LogP contribution >= 0.6 is 23.4 Å². The van der Waals surface area contributed by atoms with Gasteiger partial charge in [0.05, 0.1) is 5.69 Å². The van der Waals surface area contributed by atoms with Gasteiger partial charge in [-0.15, -0.1) is 0 Å². The van der Waals surface area contributed by atoms with Gasteiger partial charge in [-0.2, -0.15) is 0 Å². The predicted molar refractivity (Wildman–Crippen MR) is 98.8 cm³/mol. The van der Waals surface area contributed by atoms with Crippen LogP contribution in [0, 0.1) is 0 Å². The third kappa shape index (κ3) is 2.96. The number of halogens is 1. The van der Waals surface area contributed by atoms with Gasteiger partial charge >= 0.3 is 0 Å². The molecule has 0 aromatic heterocycles. The summed E-state index contributed by atoms with van der Waals surface area (Å²) in [5.74, 6) is 0.0931. The highest BCUT2D eigenvalue weighted by molar-refractivity contribution is 7.99. The van der Waals surface area contributed by atoms with Gasteiger partial charge in [-0.3, -0.25) is 4.79 Å². The summed E-state index contributed by atoms with van der Waals surface area (Å²) >= 11 is 8.04. The number of carbonyl (C=O) groups is 1. The minimum Gasteiger partial charge on any atom is -0.339 e. The molecule has 0 aliphatic carbocycles. The molecule has 4 rings (SSSR count). The number of fused-ring (bicyclic) bond motifs is 2. The van der Waals surface area contributed by atoms with E-state index in [0.29, 0.717) is 10.7 Å². The molecule has 2 aromatic carbocycles. The number of amides is 1. The van der Waals surface area contributed by atoms with Crippen LogP contribution in [0.5, 0.6) is 0 Å². The van der Waals surface area contributed by atoms with Gasteiger partial charge in [-0.1, -0.05) is 41.6 Å². The Balaban J connectivity index is 1.70. The fourth-order valence-corrected chi connectivity index (χ4v) is 4.43. The maximum Gasteiger partial charge on any atom is 0.253 e. The highest BCUT2D eigenvalue weighted by atomic mass is 35.5. The minimum atomic E-state index is 0.0931. The first-order valence-electron chi connectivity index (χ1n) is 8.17. The average molecular weight is 357 g/mol. The van der Waals surface area contributed by atoms with Crippen molar-refractivity contribution in [2.24, 2.45) is 4.99 Å². The van der Waals surface area contributed by atoms with Crippen LogP contribution in [0.1, 0.15) is 35.2 Å². The van der Waals surface area contributed by atoms with Crippen LogP contribution in [0.2, 0.25) is 0 Å². The van der Waals surface area contributed by atoms with Gasteiger partial charge in [-0.25, -0.2) is 4.99 Å². The smallest absolute Gasteiger partial charge is 0.253 e. The third-order valence-electron chi connectivity index (χ3n) is 4.40. The summed E-state index contributed by atoms with van der Waals surface area (Å²) in [4.78, 5) is 21.3. The molecule has 0 radical (unpaired) electrons. The highest BCUT2D eigenvalue weighted by Gasteiger charge is 2.21. The Morgan fingerprint density at radius 1 is 1.04 bits per heavy atom. The second kappa shape index (κ2) is 6.61. The summed E-state index contributed by atoms with van der Waals surface area (Å²) in [5, 5.41) is 0.472. The SMILES string of the molecule is O=C(c1ccc2c(c1)N=C(Cl)c1ccccc1S2)N1CCCCC1. The molecule has 0 bridgehead atoms. The van der Waals surface area contributed by atoms with Crippen LogP contribution in [-0.2, 0) is 0 Å². The lowest BCUT2D eigenvalue weighted by atomic mass is 10.1. The Morgan fingerprint density at radius 3 is 2.67 bits per heavy atom. The quantitative estimate of drug-likeness (QED) is 0.712. The number of aliphatic imine (C=N–C) groups is 1. The van der Waals surface area contributed by atoms with E-state index in [0.717, 1.165) is 47.0 Å². The summed E-state index contributed by atoms with van der Waals surface area (Å²) in [6.07, 6.45) is 3.39. The molecule has 0 N–H and O–H groups in total. The summed E-state index contributed by atoms with van der Waals surface area (Å²) in [6, 6.07) is 13.7. The maximum atomic E-state index is 12.7. The Labute approximate surface area is 150 Å². The van der Waals surface area contributed by atoms with E-state index in [-0.39, 0.29) is 5.91 Å². The molecule has 0 atom stereocenters. The van der Waals surface area contributed by atoms with Crippen molar-refractivity contribution < 1.29 is 4.79 Å². The molecule has 2 aromatic rings. The Hall–Kier alpha value is -1.78. The zero-order valence-corrected chi connectivity index (χ0v) is 14.7. The van der Waals surface area contributed by atoms with E-state index in [1.165, 1.54) is 6.42 Å². The van der Waals surface area contributed by atoms with E-state index in [1.807, 2.05) is 47.4 Å². The van der Waals surface area contributed by atoms with Crippen molar-refractivity contribution in [2.45, 2.75) is 29.1 Å². The van der Waals surface area contributed by atoms with E-state index in [2.05, 4.69) is 4.99 Å². The first-order valence-corrected chi connectivity index (χ1v) is 9.36. The van der Waals surface area contributed by atoms with Gasteiger partial charge in [0.15, 0.2) is 0 Å². The minimum absolute atomic E-state index is 0.0931. The molecular weight excluding hydrogens is 340 g/mol. The average Bonchev–Trinajstić information content (AvgIpc) is 2.77. The zero-order chi connectivity index (χ0) is 16.5. The van der Waals surface area contributed by atoms with E-state index in [1.54, 1.807) is 11.8 Å². The molecule has 0 spiro atoms. The molecule has 0 saturated carbocycles. The first kappa shape index (κ1) is 15.7. The highest BCUT2D eigenvalue weighted by Crippen LogP contribution is 2.41. The second-order valence-corrected chi connectivity index (χ2v) is 7.48. The second-order valence-electron chi connectivity index (χ2n) is 6.04. The molecule has 1 amide bonds. The van der Waals surface area contributed by atoms with Crippen LogP contribution in [0.3, 0.4) is 0 Å². The summed E-state index contributed by atoms with van der Waals surface area (Å²) in [7, 11) is 0. The number of benzene rings is 2. The molecule has 122 valence electrons. The number of rotatable bonds is 1. The van der Waals surface area contributed by atoms with Crippen molar-refractivity contribution in [3.05, 3.63) is 53.6 Å². The van der Waals surface area contributed by atoms with Gasteiger partial charge in [-0.05, 0) is 43.5 Å². The Kier molecular flexibility index (Phi) is 4.33. The van der Waals surface area contributed by atoms with Crippen LogP contribution in [0.4, 0.5) is 5.69 Å². The molecule has 0 unspecified atom stereocenters. The van der Waals surface area contributed by atoms with Crippen molar-refractivity contribution in [1.29, 1.82) is 0 Å². The number of hydrogen-bond acceptors (Lipinski definition) is 3. The normalized spacial score (nSPS) is 16.7. The topological polar surface area (TPSA) is 32.7 Å². The van der Waals surface area contributed by atoms with Crippen molar-refractivity contribution in [2.75, 3.05) is 13.1 Å². The van der Waals surface area contributed by atoms with Crippen LogP contribution in [0.15, 0.2) is 57.2 Å². The van der Waals surface area contributed by atoms with Crippen LogP contribution < -0.4 is 0 Å². The molecule has 1 saturated heterocycles. The van der Waals surface area contributed by atoms with Crippen molar-refractivity contribution in [3.8, 4) is 0 Å². The van der Waals surface area contributed by atoms with Crippen molar-refractivity contribution in [3.63, 3.8) is 0 Å². The van der Waals surface area contributed by atoms with Crippen molar-refractivity contribution in [1.82, 2.24) is 4.90 Å². The summed E-state index contributed by atoms with van der Waals surface area (Å²) in [5.41, 5.74) is 2.39. The van der Waals surface area contributed by atoms with E-state index in [4.69, 9.17) is 11.6 Å². The number of carbonyl (C=O) groups excluding carboxylic acids is 1. The maximum absolute atomic E-state index is 12.7. The lowest BCUT2D eigenvalue weighted by Crippen LogP contribution is -2.35. The Morgan fingerprint density at radius 2 is 1.83 bits per heavy atom. The summed E-state index contributed by atoms with van der Waals surface area (Å²) < 4.78 is 0. The molecule has 2 aliphatic rings. The third-order valence-corrected chi connectivity index (χ3v) is 5.83. The van der Waals surface area contributed by atoms with Gasteiger partial charge < -0.3 is 4.90 Å². The van der Waals surface area contributed by atoms with E-state index < -0.39 is 0 Å². The molecule has 2 aliphatic heterocycles. The standard InChI is InChI=1S/C19H17ClN2OS/c20-18-14-6-2-3-7-16(14)24-17-9-8-13(12-15(17)21-18)19(23)22-10-4-1-5-11-22/h2-3,6-9,12H,1,4-5,10-11H2. The van der Waals surface area contributed by atoms with Crippen LogP contribution in [0.25, 0.3) is 0 Å². The first-order chi connectivity index (χ1) is 11.7. The lowest BCUT2D eigenvalue weighted by Gasteiger charge is -2.26. The Bertz CT molecular complexity index is 828. The molecular formula is C19H17ClN2OS. The van der Waals surface area contributed by atoms with Crippen LogP contribution in [-0.4, -0.2) is 29.1 Å². The monoisotopic (exact) mass is 356 g/mol. The van der Waals surface area contributed by atoms with Gasteiger partial charge in [0.25, 0.3) is 5.91 Å². The summed E-state index contributed by atoms with van der Waals surface area (Å²) in [6.45, 7) is 1.69. The fraction of sp³-hybridized carbons (Fsp3) is 0.263. The molecule has 2 heterocycles. The number of likely N-dealkylation sites (tertiary alicyclic amines) is 1. The van der Waals surface area contributed by atoms with Gasteiger partial charge in [0.1, 0.15) is 5.17 Å². The predicted octanol–water partition coefficient (Wildman–Crippen LogP) is 5.09. The van der Waals surface area contributed by atoms with E-state index in [9.17, 15) is 4.79 Å². The van der Waals surface area contributed by atoms with Gasteiger partial charge in [0, 0.05) is 34.0 Å². The number of hydrogen-bond donors (Lipinski definition) is 0. The molecule has 24 heavy (non-hydrogen) atoms. The number of piperidine rings is 1. The molecule has 1 fully saturated rings. The fourth-order valence-electron chi connectivity index (χ4n) is 3.11. The van der Waals surface area contributed by atoms with Gasteiger partial charge in [0.2, 0.25) is 0 Å². The molecule has 3 nitrogen and oxygen atoms in total. The molecule has 5 heteroatoms. The van der Waals surface area contributed by atoms with E-state index >= 15 is 0 Å². The zero-order valence-electron chi connectivity index (χ0n) is 13.2.